The summed E-state index contributed by atoms with van der Waals surface area (Å²) < 4.78 is 6.95. The first-order chi connectivity index (χ1) is 19.4. The lowest BCUT2D eigenvalue weighted by molar-refractivity contribution is -0.141. The fraction of sp³-hybridized carbons (Fsp3) is 0.483. The van der Waals surface area contributed by atoms with E-state index < -0.39 is 0 Å². The summed E-state index contributed by atoms with van der Waals surface area (Å²) in [7, 11) is 1.62. The molecule has 11 nitrogen and oxygen atoms in total. The topological polar surface area (TPSA) is 145 Å². The summed E-state index contributed by atoms with van der Waals surface area (Å²) in [4.78, 5) is 32.2. The Morgan fingerprint density at radius 3 is 2.75 bits per heavy atom. The van der Waals surface area contributed by atoms with Gasteiger partial charge in [0.1, 0.15) is 6.07 Å². The van der Waals surface area contributed by atoms with Gasteiger partial charge in [-0.05, 0) is 68.2 Å². The molecular formula is C29H33N7O4. The van der Waals surface area contributed by atoms with Gasteiger partial charge in [0, 0.05) is 38.5 Å². The molecule has 4 heterocycles. The number of nitrogens with zero attached hydrogens (tertiary/aromatic N) is 5. The zero-order valence-electron chi connectivity index (χ0n) is 22.5. The van der Waals surface area contributed by atoms with Crippen molar-refractivity contribution in [3.8, 4) is 17.5 Å². The van der Waals surface area contributed by atoms with E-state index in [0.717, 1.165) is 43.3 Å². The first-order valence-corrected chi connectivity index (χ1v) is 13.8. The number of likely N-dealkylation sites (tertiary alicyclic amines) is 1. The smallest absolute Gasteiger partial charge is 0.255 e. The van der Waals surface area contributed by atoms with E-state index in [-0.39, 0.29) is 42.5 Å². The van der Waals surface area contributed by atoms with Crippen LogP contribution in [0.4, 0.5) is 5.69 Å². The first-order valence-electron chi connectivity index (χ1n) is 13.8. The summed E-state index contributed by atoms with van der Waals surface area (Å²) >= 11 is 0. The van der Waals surface area contributed by atoms with Crippen molar-refractivity contribution in [3.05, 3.63) is 47.8 Å². The van der Waals surface area contributed by atoms with Crippen molar-refractivity contribution in [2.24, 2.45) is 11.8 Å². The van der Waals surface area contributed by atoms with E-state index in [2.05, 4.69) is 26.8 Å². The third-order valence-corrected chi connectivity index (χ3v) is 8.92. The number of methoxy groups -OCH3 is 1. The molecule has 3 aromatic heterocycles. The summed E-state index contributed by atoms with van der Waals surface area (Å²) in [6, 6.07) is 9.49. The van der Waals surface area contributed by atoms with E-state index in [4.69, 9.17) is 4.74 Å². The number of aliphatic hydroxyl groups is 1. The van der Waals surface area contributed by atoms with Crippen LogP contribution in [0, 0.1) is 23.2 Å². The van der Waals surface area contributed by atoms with Crippen LogP contribution in [0.25, 0.3) is 16.9 Å². The second-order valence-corrected chi connectivity index (χ2v) is 11.3. The van der Waals surface area contributed by atoms with Crippen LogP contribution in [-0.2, 0) is 9.53 Å². The van der Waals surface area contributed by atoms with Crippen molar-refractivity contribution in [2.45, 2.75) is 43.7 Å². The highest BCUT2D eigenvalue weighted by Gasteiger charge is 2.46. The maximum absolute atomic E-state index is 13.4. The number of carbonyl (C=O) groups is 2. The van der Waals surface area contributed by atoms with Gasteiger partial charge >= 0.3 is 0 Å². The number of hydrogen-bond donors (Lipinski definition) is 3. The van der Waals surface area contributed by atoms with Gasteiger partial charge < -0.3 is 25.4 Å². The molecule has 3 aliphatic carbocycles. The lowest BCUT2D eigenvalue weighted by Gasteiger charge is -2.51. The Bertz CT molecular complexity index is 1480. The molecule has 3 aromatic rings. The zero-order chi connectivity index (χ0) is 27.9. The molecule has 4 fully saturated rings. The van der Waals surface area contributed by atoms with Crippen molar-refractivity contribution < 1.29 is 19.4 Å². The van der Waals surface area contributed by atoms with Crippen molar-refractivity contribution in [1.82, 2.24) is 24.8 Å². The van der Waals surface area contributed by atoms with Crippen LogP contribution in [0.2, 0.25) is 0 Å². The minimum Gasteiger partial charge on any atom is -0.396 e. The van der Waals surface area contributed by atoms with E-state index in [0.29, 0.717) is 41.5 Å². The average Bonchev–Trinajstić information content (AvgIpc) is 3.39. The molecule has 40 heavy (non-hydrogen) atoms. The maximum atomic E-state index is 13.4. The average molecular weight is 544 g/mol. The van der Waals surface area contributed by atoms with Crippen LogP contribution in [0.3, 0.4) is 0 Å². The van der Waals surface area contributed by atoms with Gasteiger partial charge in [-0.2, -0.15) is 10.4 Å². The monoisotopic (exact) mass is 543 g/mol. The molecule has 1 aliphatic heterocycles. The van der Waals surface area contributed by atoms with Gasteiger partial charge in [-0.1, -0.05) is 0 Å². The van der Waals surface area contributed by atoms with E-state index in [1.54, 1.807) is 28.8 Å². The number of fused-ring (bicyclic) bond motifs is 4. The minimum atomic E-state index is -0.380. The van der Waals surface area contributed by atoms with Crippen LogP contribution >= 0.6 is 0 Å². The molecule has 208 valence electrons. The fourth-order valence-corrected chi connectivity index (χ4v) is 6.50. The highest BCUT2D eigenvalue weighted by Crippen LogP contribution is 2.49. The molecule has 1 saturated heterocycles. The molecule has 2 bridgehead atoms. The molecule has 0 radical (unpaired) electrons. The first kappa shape index (κ1) is 26.2. The second kappa shape index (κ2) is 10.5. The van der Waals surface area contributed by atoms with Crippen molar-refractivity contribution >= 4 is 23.0 Å². The zero-order valence-corrected chi connectivity index (χ0v) is 22.5. The number of carbonyl (C=O) groups excluding carboxylic acids is 2. The Balaban J connectivity index is 1.29. The molecule has 11 heteroatoms. The summed E-state index contributed by atoms with van der Waals surface area (Å²) in [6.07, 6.45) is 7.95. The van der Waals surface area contributed by atoms with E-state index in [1.165, 1.54) is 6.20 Å². The number of nitriles is 1. The Hall–Kier alpha value is -4.01. The van der Waals surface area contributed by atoms with Crippen LogP contribution < -0.4 is 10.6 Å². The Labute approximate surface area is 232 Å². The largest absolute Gasteiger partial charge is 0.396 e. The van der Waals surface area contributed by atoms with E-state index >= 15 is 0 Å². The van der Waals surface area contributed by atoms with Gasteiger partial charge in [0.25, 0.3) is 5.91 Å². The normalized spacial score (nSPS) is 24.0. The summed E-state index contributed by atoms with van der Waals surface area (Å²) in [5, 5.41) is 30.1. The van der Waals surface area contributed by atoms with Gasteiger partial charge in [-0.25, -0.2) is 4.52 Å². The SMILES string of the molecule is COC1CN(C(=O)CNC(=O)c2cnc(-c3ccc4cc(C#N)cnn34)cc2NC23CCC(CC2)C(CO)C3)C1. The Morgan fingerprint density at radius 2 is 2.02 bits per heavy atom. The molecular weight excluding hydrogens is 510 g/mol. The second-order valence-electron chi connectivity index (χ2n) is 11.3. The van der Waals surface area contributed by atoms with Crippen LogP contribution in [0.15, 0.2) is 36.7 Å². The highest BCUT2D eigenvalue weighted by molar-refractivity contribution is 6.01. The lowest BCUT2D eigenvalue weighted by atomic mass is 9.60. The molecule has 3 N–H and O–H groups in total. The van der Waals surface area contributed by atoms with E-state index in [9.17, 15) is 20.0 Å². The van der Waals surface area contributed by atoms with Crippen molar-refractivity contribution in [3.63, 3.8) is 0 Å². The number of rotatable bonds is 8. The number of ether oxygens (including phenoxy) is 1. The van der Waals surface area contributed by atoms with Gasteiger partial charge in [-0.3, -0.25) is 14.6 Å². The highest BCUT2D eigenvalue weighted by atomic mass is 16.5. The number of pyridine rings is 1. The van der Waals surface area contributed by atoms with Crippen LogP contribution in [0.5, 0.6) is 0 Å². The molecule has 2 amide bonds. The van der Waals surface area contributed by atoms with Gasteiger partial charge in [-0.15, -0.1) is 0 Å². The predicted octanol–water partition coefficient (Wildman–Crippen LogP) is 2.21. The molecule has 7 rings (SSSR count). The van der Waals surface area contributed by atoms with Crippen LogP contribution in [0.1, 0.15) is 48.0 Å². The molecule has 3 saturated carbocycles. The Kier molecular flexibility index (Phi) is 6.90. The van der Waals surface area contributed by atoms with Gasteiger partial charge in [0.05, 0.1) is 52.6 Å². The number of anilines is 1. The van der Waals surface area contributed by atoms with Crippen LogP contribution in [-0.4, -0.2) is 81.4 Å². The van der Waals surface area contributed by atoms with Crippen molar-refractivity contribution in [1.29, 1.82) is 5.26 Å². The Morgan fingerprint density at radius 1 is 1.23 bits per heavy atom. The number of amides is 2. The van der Waals surface area contributed by atoms with E-state index in [1.807, 2.05) is 18.2 Å². The number of aromatic nitrogens is 3. The number of nitrogens with one attached hydrogen (secondary N) is 2. The molecule has 1 unspecified atom stereocenters. The number of aliphatic hydroxyl groups excluding tert-OH is 1. The third kappa shape index (κ3) is 4.78. The minimum absolute atomic E-state index is 0.0471. The molecule has 0 spiro atoms. The standard InChI is InChI=1S/C29H33N7O4/c1-40-22-15-35(16-22)27(38)14-32-28(39)23-13-31-25(26-3-2-21-8-18(11-30)12-33-36(21)26)9-24(23)34-29-6-4-19(5-7-29)20(10-29)17-37/h2-3,8-9,12-13,19-20,22,37H,4-7,10,14-17H2,1H3,(H,31,34)(H,32,39). The lowest BCUT2D eigenvalue weighted by Crippen LogP contribution is -2.56. The molecule has 0 aromatic carbocycles. The predicted molar refractivity (Wildman–Crippen MR) is 146 cm³/mol. The molecule has 4 aliphatic rings. The van der Waals surface area contributed by atoms with Crippen molar-refractivity contribution in [2.75, 3.05) is 38.7 Å². The molecule has 1 atom stereocenters. The van der Waals surface area contributed by atoms with Gasteiger partial charge in [0.15, 0.2) is 0 Å². The summed E-state index contributed by atoms with van der Waals surface area (Å²) in [6.45, 7) is 1.11. The number of hydrogen-bond acceptors (Lipinski definition) is 8. The fourth-order valence-electron chi connectivity index (χ4n) is 6.50. The van der Waals surface area contributed by atoms with Gasteiger partial charge in [0.2, 0.25) is 5.91 Å². The summed E-state index contributed by atoms with van der Waals surface area (Å²) in [5.41, 5.74) is 3.36. The third-order valence-electron chi connectivity index (χ3n) is 8.92. The maximum Gasteiger partial charge on any atom is 0.255 e. The quantitative estimate of drug-likeness (QED) is 0.392. The summed E-state index contributed by atoms with van der Waals surface area (Å²) in [5.74, 6) is 0.256.